The molecule has 7 heteroatoms. The molecule has 0 aromatic heterocycles. The molecule has 0 aliphatic carbocycles. The first-order chi connectivity index (χ1) is 15.3. The van der Waals surface area contributed by atoms with E-state index in [-0.39, 0.29) is 29.5 Å². The van der Waals surface area contributed by atoms with Gasteiger partial charge in [0.05, 0.1) is 11.6 Å². The molecule has 0 bridgehead atoms. The molecule has 0 spiro atoms. The fraction of sp³-hybridized carbons (Fsp3) is 0.360. The van der Waals surface area contributed by atoms with E-state index in [4.69, 9.17) is 4.74 Å². The quantitative estimate of drug-likeness (QED) is 0.425. The monoisotopic (exact) mass is 438 g/mol. The van der Waals surface area contributed by atoms with Gasteiger partial charge in [-0.1, -0.05) is 18.2 Å². The van der Waals surface area contributed by atoms with Gasteiger partial charge in [-0.05, 0) is 63.8 Å². The molecule has 2 aromatic carbocycles. The van der Waals surface area contributed by atoms with Crippen molar-refractivity contribution in [2.45, 2.75) is 31.9 Å². The van der Waals surface area contributed by atoms with Crippen molar-refractivity contribution in [1.29, 1.82) is 0 Å². The number of halogens is 1. The molecule has 0 radical (unpaired) electrons. The van der Waals surface area contributed by atoms with Crippen molar-refractivity contribution in [3.05, 3.63) is 70.5 Å². The lowest BCUT2D eigenvalue weighted by molar-refractivity contribution is -0.140. The molecule has 2 aliphatic rings. The van der Waals surface area contributed by atoms with Gasteiger partial charge >= 0.3 is 0 Å². The number of nitrogens with zero attached hydrogens (tertiary/aromatic N) is 2. The summed E-state index contributed by atoms with van der Waals surface area (Å²) in [6, 6.07) is 10.3. The Kier molecular flexibility index (Phi) is 6.02. The summed E-state index contributed by atoms with van der Waals surface area (Å²) in [6.07, 6.45) is 1.33. The van der Waals surface area contributed by atoms with Crippen LogP contribution in [0.1, 0.15) is 36.1 Å². The Morgan fingerprint density at radius 1 is 1.22 bits per heavy atom. The predicted octanol–water partition coefficient (Wildman–Crippen LogP) is 3.52. The van der Waals surface area contributed by atoms with E-state index in [0.29, 0.717) is 24.9 Å². The molecule has 1 N–H and O–H groups in total. The third-order valence-electron chi connectivity index (χ3n) is 5.91. The fourth-order valence-electron chi connectivity index (χ4n) is 4.41. The summed E-state index contributed by atoms with van der Waals surface area (Å²) in [5.41, 5.74) is 1.44. The second kappa shape index (κ2) is 8.74. The van der Waals surface area contributed by atoms with Crippen molar-refractivity contribution in [3.8, 4) is 5.75 Å². The number of rotatable bonds is 6. The Morgan fingerprint density at radius 3 is 2.69 bits per heavy atom. The molecule has 1 saturated heterocycles. The van der Waals surface area contributed by atoms with E-state index in [0.717, 1.165) is 11.3 Å². The average Bonchev–Trinajstić information content (AvgIpc) is 3.24. The molecule has 0 saturated carbocycles. The molecule has 168 valence electrons. The van der Waals surface area contributed by atoms with Crippen molar-refractivity contribution in [1.82, 2.24) is 9.80 Å². The van der Waals surface area contributed by atoms with Crippen LogP contribution >= 0.6 is 0 Å². The third kappa shape index (κ3) is 4.00. The number of ether oxygens (including phenoxy) is 1. The Morgan fingerprint density at radius 2 is 1.97 bits per heavy atom. The number of ketones is 1. The standard InChI is InChI=1S/C25H27FN2O4/c1-15-13-17-14-16(9-10-20(17)32-15)23(29)21-22(18-7-4-5-8-19(18)26)28(25(31)24(21)30)12-6-11-27(2)3/h4-5,7-10,14-15,22,29H,6,11-13H2,1-3H3/t15-,22-/m0/s1. The fourth-order valence-corrected chi connectivity index (χ4v) is 4.41. The lowest BCUT2D eigenvalue weighted by Crippen LogP contribution is -2.32. The Bertz CT molecular complexity index is 1100. The number of aliphatic hydroxyl groups excluding tert-OH is 1. The van der Waals surface area contributed by atoms with Gasteiger partial charge in [0.2, 0.25) is 0 Å². The predicted molar refractivity (Wildman–Crippen MR) is 119 cm³/mol. The minimum Gasteiger partial charge on any atom is -0.507 e. The summed E-state index contributed by atoms with van der Waals surface area (Å²) < 4.78 is 20.5. The van der Waals surface area contributed by atoms with Crippen LogP contribution < -0.4 is 4.74 Å². The highest BCUT2D eigenvalue weighted by molar-refractivity contribution is 6.46. The normalized spacial score (nSPS) is 21.8. The summed E-state index contributed by atoms with van der Waals surface area (Å²) in [5, 5.41) is 11.2. The SMILES string of the molecule is C[C@H]1Cc2cc(C(O)=C3C(=O)C(=O)N(CCCN(C)C)[C@H]3c3ccccc3F)ccc2O1. The second-order valence-corrected chi connectivity index (χ2v) is 8.63. The number of carbonyl (C=O) groups is 2. The van der Waals surface area contributed by atoms with Crippen LogP contribution in [-0.2, 0) is 16.0 Å². The molecule has 1 fully saturated rings. The molecular formula is C25H27FN2O4. The van der Waals surface area contributed by atoms with E-state index in [2.05, 4.69) is 0 Å². The van der Waals surface area contributed by atoms with Crippen LogP contribution in [0, 0.1) is 5.82 Å². The third-order valence-corrected chi connectivity index (χ3v) is 5.91. The number of amides is 1. The van der Waals surface area contributed by atoms with Crippen LogP contribution in [0.5, 0.6) is 5.75 Å². The molecule has 4 rings (SSSR count). The first-order valence-corrected chi connectivity index (χ1v) is 10.8. The minimum atomic E-state index is -0.984. The largest absolute Gasteiger partial charge is 0.507 e. The number of fused-ring (bicyclic) bond motifs is 1. The van der Waals surface area contributed by atoms with Gasteiger partial charge in [-0.3, -0.25) is 9.59 Å². The number of hydrogen-bond donors (Lipinski definition) is 1. The molecular weight excluding hydrogens is 411 g/mol. The van der Waals surface area contributed by atoms with Crippen LogP contribution in [0.3, 0.4) is 0 Å². The molecule has 2 aliphatic heterocycles. The van der Waals surface area contributed by atoms with E-state index in [1.165, 1.54) is 11.0 Å². The van der Waals surface area contributed by atoms with Crippen molar-refractivity contribution in [2.75, 3.05) is 27.2 Å². The Balaban J connectivity index is 1.80. The molecule has 0 unspecified atom stereocenters. The van der Waals surface area contributed by atoms with Gasteiger partial charge in [0.1, 0.15) is 23.4 Å². The molecule has 2 aromatic rings. The average molecular weight is 438 g/mol. The number of Topliss-reactive ketones (excluding diaryl/α,β-unsaturated/α-hetero) is 1. The van der Waals surface area contributed by atoms with Crippen molar-refractivity contribution in [2.24, 2.45) is 0 Å². The lowest BCUT2D eigenvalue weighted by atomic mass is 9.94. The number of aliphatic hydroxyl groups is 1. The van der Waals surface area contributed by atoms with E-state index in [9.17, 15) is 19.1 Å². The van der Waals surface area contributed by atoms with Crippen LogP contribution in [0.2, 0.25) is 0 Å². The highest BCUT2D eigenvalue weighted by Crippen LogP contribution is 2.41. The number of hydrogen-bond acceptors (Lipinski definition) is 5. The summed E-state index contributed by atoms with van der Waals surface area (Å²) in [6.45, 7) is 2.93. The smallest absolute Gasteiger partial charge is 0.295 e. The summed E-state index contributed by atoms with van der Waals surface area (Å²) in [4.78, 5) is 29.3. The molecule has 2 atom stereocenters. The Labute approximate surface area is 186 Å². The van der Waals surface area contributed by atoms with Crippen LogP contribution in [0.25, 0.3) is 5.76 Å². The van der Waals surface area contributed by atoms with E-state index >= 15 is 0 Å². The summed E-state index contributed by atoms with van der Waals surface area (Å²) in [5.74, 6) is -1.61. The van der Waals surface area contributed by atoms with Gasteiger partial charge < -0.3 is 19.6 Å². The van der Waals surface area contributed by atoms with E-state index in [1.807, 2.05) is 25.9 Å². The molecule has 1 amide bonds. The topological polar surface area (TPSA) is 70.1 Å². The maximum Gasteiger partial charge on any atom is 0.295 e. The van der Waals surface area contributed by atoms with E-state index < -0.39 is 23.5 Å². The van der Waals surface area contributed by atoms with Crippen molar-refractivity contribution >= 4 is 17.4 Å². The summed E-state index contributed by atoms with van der Waals surface area (Å²) in [7, 11) is 3.84. The van der Waals surface area contributed by atoms with Gasteiger partial charge in [0.25, 0.3) is 11.7 Å². The summed E-state index contributed by atoms with van der Waals surface area (Å²) >= 11 is 0. The highest BCUT2D eigenvalue weighted by atomic mass is 19.1. The van der Waals surface area contributed by atoms with Crippen LogP contribution in [-0.4, -0.2) is 59.9 Å². The minimum absolute atomic E-state index is 0.0306. The number of likely N-dealkylation sites (tertiary alicyclic amines) is 1. The van der Waals surface area contributed by atoms with Gasteiger partial charge in [-0.15, -0.1) is 0 Å². The van der Waals surface area contributed by atoms with Gasteiger partial charge in [-0.2, -0.15) is 0 Å². The zero-order valence-electron chi connectivity index (χ0n) is 18.5. The molecule has 6 nitrogen and oxygen atoms in total. The maximum absolute atomic E-state index is 14.8. The van der Waals surface area contributed by atoms with E-state index in [1.54, 1.807) is 36.4 Å². The lowest BCUT2D eigenvalue weighted by Gasteiger charge is -2.26. The van der Waals surface area contributed by atoms with Gasteiger partial charge in [0.15, 0.2) is 0 Å². The van der Waals surface area contributed by atoms with Crippen LogP contribution in [0.15, 0.2) is 48.0 Å². The highest BCUT2D eigenvalue weighted by Gasteiger charge is 2.46. The van der Waals surface area contributed by atoms with Gasteiger partial charge in [-0.25, -0.2) is 4.39 Å². The molecule has 2 heterocycles. The Hall–Kier alpha value is -3.19. The first kappa shape index (κ1) is 22.0. The number of carbonyl (C=O) groups excluding carboxylic acids is 2. The van der Waals surface area contributed by atoms with Gasteiger partial charge in [0, 0.05) is 24.1 Å². The number of benzene rings is 2. The maximum atomic E-state index is 14.8. The van der Waals surface area contributed by atoms with Crippen molar-refractivity contribution in [3.63, 3.8) is 0 Å². The second-order valence-electron chi connectivity index (χ2n) is 8.63. The molecule has 32 heavy (non-hydrogen) atoms. The van der Waals surface area contributed by atoms with Crippen LogP contribution in [0.4, 0.5) is 4.39 Å². The first-order valence-electron chi connectivity index (χ1n) is 10.8. The zero-order chi connectivity index (χ0) is 23.0. The zero-order valence-corrected chi connectivity index (χ0v) is 18.5. The van der Waals surface area contributed by atoms with Crippen molar-refractivity contribution < 1.29 is 23.8 Å².